The lowest BCUT2D eigenvalue weighted by molar-refractivity contribution is 0.150. The van der Waals surface area contributed by atoms with E-state index in [0.717, 1.165) is 11.8 Å². The Morgan fingerprint density at radius 2 is 0.596 bits per heavy atom. The van der Waals surface area contributed by atoms with Crippen molar-refractivity contribution in [3.8, 4) is 0 Å². The Kier molecular flexibility index (Phi) is 37.9. The molecule has 3 unspecified atom stereocenters. The summed E-state index contributed by atoms with van der Waals surface area (Å²) < 4.78 is 0. The van der Waals surface area contributed by atoms with Gasteiger partial charge >= 0.3 is 0 Å². The molecule has 0 heteroatoms. The molecule has 0 aromatic rings. The molecule has 314 valence electrons. The fourth-order valence-corrected chi connectivity index (χ4v) is 9.16. The van der Waals surface area contributed by atoms with Crippen molar-refractivity contribution in [2.45, 2.75) is 312 Å². The van der Waals surface area contributed by atoms with Crippen molar-refractivity contribution < 1.29 is 0 Å². The van der Waals surface area contributed by atoms with Crippen LogP contribution in [0.25, 0.3) is 0 Å². The summed E-state index contributed by atoms with van der Waals surface area (Å²) in [6.07, 6.45) is 58.4. The van der Waals surface area contributed by atoms with Gasteiger partial charge in [0.1, 0.15) is 0 Å². The van der Waals surface area contributed by atoms with Gasteiger partial charge in [-0.25, -0.2) is 0 Å². The maximum absolute atomic E-state index is 2.70. The number of unbranched alkanes of at least 4 members (excludes halogenated alkanes) is 29. The minimum absolute atomic E-state index is 0.508. The van der Waals surface area contributed by atoms with Crippen LogP contribution in [0, 0.1) is 22.7 Å². The van der Waals surface area contributed by atoms with Crippen LogP contribution < -0.4 is 0 Å². The van der Waals surface area contributed by atoms with E-state index in [9.17, 15) is 0 Å². The molecule has 0 aliphatic carbocycles. The molecule has 0 N–H and O–H groups in total. The fraction of sp³-hybridized carbons (Fsp3) is 1.00. The minimum atomic E-state index is 0.508. The molecule has 52 heavy (non-hydrogen) atoms. The van der Waals surface area contributed by atoms with Crippen LogP contribution in [0.1, 0.15) is 312 Å². The van der Waals surface area contributed by atoms with Gasteiger partial charge in [0, 0.05) is 0 Å². The molecule has 0 spiro atoms. The molecular weight excluding hydrogens is 625 g/mol. The topological polar surface area (TPSA) is 0 Å². The van der Waals surface area contributed by atoms with E-state index in [-0.39, 0.29) is 0 Å². The first-order valence-corrected chi connectivity index (χ1v) is 25.2. The lowest BCUT2D eigenvalue weighted by Gasteiger charge is -2.37. The average Bonchev–Trinajstić information content (AvgIpc) is 3.12. The second kappa shape index (κ2) is 37.9. The predicted molar refractivity (Wildman–Crippen MR) is 242 cm³/mol. The van der Waals surface area contributed by atoms with Gasteiger partial charge in [-0.1, -0.05) is 280 Å². The summed E-state index contributed by atoms with van der Waals surface area (Å²) in [6, 6.07) is 0. The maximum Gasteiger partial charge on any atom is -0.0323 e. The third-order valence-corrected chi connectivity index (χ3v) is 13.3. The van der Waals surface area contributed by atoms with Crippen LogP contribution in [0.4, 0.5) is 0 Å². The third kappa shape index (κ3) is 36.9. The zero-order valence-electron chi connectivity index (χ0n) is 38.4. The summed E-state index contributed by atoms with van der Waals surface area (Å²) >= 11 is 0. The Balaban J connectivity index is 4.23. The van der Waals surface area contributed by atoms with Crippen LogP contribution in [0.3, 0.4) is 0 Å². The summed E-state index contributed by atoms with van der Waals surface area (Å²) in [5, 5.41) is 0. The summed E-state index contributed by atoms with van der Waals surface area (Å²) in [6.45, 7) is 20.0. The molecule has 0 bridgehead atoms. The molecule has 0 heterocycles. The van der Waals surface area contributed by atoms with Crippen LogP contribution in [0.15, 0.2) is 0 Å². The van der Waals surface area contributed by atoms with Crippen molar-refractivity contribution in [2.24, 2.45) is 22.7 Å². The average molecular weight is 731 g/mol. The zero-order valence-corrected chi connectivity index (χ0v) is 38.4. The van der Waals surface area contributed by atoms with Gasteiger partial charge in [0.25, 0.3) is 0 Å². The normalized spacial score (nSPS) is 14.5. The molecular formula is C52H106. The molecule has 3 atom stereocenters. The summed E-state index contributed by atoms with van der Waals surface area (Å²) in [4.78, 5) is 0. The van der Waals surface area contributed by atoms with Crippen molar-refractivity contribution in [3.05, 3.63) is 0 Å². The molecule has 0 saturated carbocycles. The van der Waals surface area contributed by atoms with E-state index in [1.807, 2.05) is 0 Å². The molecule has 0 amide bonds. The van der Waals surface area contributed by atoms with E-state index in [2.05, 4.69) is 55.4 Å². The van der Waals surface area contributed by atoms with Gasteiger partial charge < -0.3 is 0 Å². The Morgan fingerprint density at radius 1 is 0.288 bits per heavy atom. The van der Waals surface area contributed by atoms with Gasteiger partial charge in [-0.15, -0.1) is 0 Å². The van der Waals surface area contributed by atoms with Crippen molar-refractivity contribution in [3.63, 3.8) is 0 Å². The van der Waals surface area contributed by atoms with E-state index in [0.29, 0.717) is 10.8 Å². The minimum Gasteiger partial charge on any atom is -0.0654 e. The molecule has 0 aliphatic rings. The molecule has 0 aromatic carbocycles. The lowest BCUT2D eigenvalue weighted by Crippen LogP contribution is -2.24. The summed E-state index contributed by atoms with van der Waals surface area (Å²) in [5.74, 6) is 1.79. The Hall–Kier alpha value is 0. The second-order valence-electron chi connectivity index (χ2n) is 20.0. The van der Waals surface area contributed by atoms with E-state index in [1.165, 1.54) is 257 Å². The van der Waals surface area contributed by atoms with Gasteiger partial charge in [-0.05, 0) is 54.8 Å². The van der Waals surface area contributed by atoms with Gasteiger partial charge in [0.15, 0.2) is 0 Å². The number of hydrogen-bond acceptors (Lipinski definition) is 0. The van der Waals surface area contributed by atoms with Crippen LogP contribution in [-0.4, -0.2) is 0 Å². The van der Waals surface area contributed by atoms with Crippen LogP contribution >= 0.6 is 0 Å². The van der Waals surface area contributed by atoms with Crippen molar-refractivity contribution in [1.82, 2.24) is 0 Å². The Morgan fingerprint density at radius 3 is 0.942 bits per heavy atom. The quantitative estimate of drug-likeness (QED) is 0.0548. The molecule has 0 radical (unpaired) electrons. The Labute approximate surface area is 333 Å². The lowest BCUT2D eigenvalue weighted by atomic mass is 9.69. The van der Waals surface area contributed by atoms with Crippen LogP contribution in [0.5, 0.6) is 0 Å². The first-order chi connectivity index (χ1) is 25.2. The second-order valence-corrected chi connectivity index (χ2v) is 20.0. The monoisotopic (exact) mass is 731 g/mol. The fourth-order valence-electron chi connectivity index (χ4n) is 9.16. The highest BCUT2D eigenvalue weighted by molar-refractivity contribution is 4.81. The molecule has 0 nitrogen and oxygen atoms in total. The van der Waals surface area contributed by atoms with E-state index < -0.39 is 0 Å². The molecule has 0 saturated heterocycles. The van der Waals surface area contributed by atoms with E-state index in [4.69, 9.17) is 0 Å². The number of hydrogen-bond donors (Lipinski definition) is 0. The van der Waals surface area contributed by atoms with Crippen molar-refractivity contribution >= 4 is 0 Å². The van der Waals surface area contributed by atoms with E-state index in [1.54, 1.807) is 0 Å². The SMILES string of the molecule is CCCCCCCCCCCCCCCCCC(C)CCC(C)(CCC(C)(C)CCCC)CC(C)CCCCCCCCCCCCCCCCC. The summed E-state index contributed by atoms with van der Waals surface area (Å²) in [5.41, 5.74) is 1.04. The van der Waals surface area contributed by atoms with Crippen LogP contribution in [0.2, 0.25) is 0 Å². The van der Waals surface area contributed by atoms with Crippen LogP contribution in [-0.2, 0) is 0 Å². The largest absolute Gasteiger partial charge is 0.0654 e. The Bertz CT molecular complexity index is 676. The predicted octanol–water partition coefficient (Wildman–Crippen LogP) is 20.0. The highest BCUT2D eigenvalue weighted by Gasteiger charge is 2.30. The molecule has 0 rings (SSSR count). The smallest absolute Gasteiger partial charge is 0.0323 e. The first kappa shape index (κ1) is 52.0. The summed E-state index contributed by atoms with van der Waals surface area (Å²) in [7, 11) is 0. The van der Waals surface area contributed by atoms with Gasteiger partial charge in [-0.3, -0.25) is 0 Å². The maximum atomic E-state index is 2.70. The molecule has 0 fully saturated rings. The first-order valence-electron chi connectivity index (χ1n) is 25.2. The zero-order chi connectivity index (χ0) is 38.4. The highest BCUT2D eigenvalue weighted by Crippen LogP contribution is 2.43. The molecule has 0 aromatic heterocycles. The third-order valence-electron chi connectivity index (χ3n) is 13.3. The number of rotatable bonds is 43. The van der Waals surface area contributed by atoms with Gasteiger partial charge in [-0.2, -0.15) is 0 Å². The van der Waals surface area contributed by atoms with Gasteiger partial charge in [0.05, 0.1) is 0 Å². The standard InChI is InChI=1S/C52H106/c1-9-12-15-17-19-21-23-25-27-29-31-33-35-37-39-41-49(4)43-45-52(8,47-46-51(6,7)44-14-11-3)48-50(5)42-40-38-36-34-32-30-28-26-24-22-20-18-16-13-10-2/h49-50H,9-48H2,1-8H3. The van der Waals surface area contributed by atoms with Crippen molar-refractivity contribution in [2.75, 3.05) is 0 Å². The van der Waals surface area contributed by atoms with E-state index >= 15 is 0 Å². The van der Waals surface area contributed by atoms with Gasteiger partial charge in [0.2, 0.25) is 0 Å². The molecule has 0 aliphatic heterocycles. The van der Waals surface area contributed by atoms with Crippen molar-refractivity contribution in [1.29, 1.82) is 0 Å². The highest BCUT2D eigenvalue weighted by atomic mass is 14.4.